The molecule has 188 valence electrons. The quantitative estimate of drug-likeness (QED) is 0.239. The van der Waals surface area contributed by atoms with E-state index in [1.165, 1.54) is 6.21 Å². The van der Waals surface area contributed by atoms with Crippen molar-refractivity contribution in [3.63, 3.8) is 0 Å². The summed E-state index contributed by atoms with van der Waals surface area (Å²) in [5.74, 6) is 1.92. The number of amides is 1. The largest absolute Gasteiger partial charge is 0.497 e. The van der Waals surface area contributed by atoms with Crippen LogP contribution in [0.4, 0.5) is 0 Å². The molecule has 9 heteroatoms. The zero-order valence-corrected chi connectivity index (χ0v) is 20.7. The summed E-state index contributed by atoms with van der Waals surface area (Å²) in [4.78, 5) is 22.1. The van der Waals surface area contributed by atoms with Crippen LogP contribution >= 0.6 is 0 Å². The standard InChI is InChI=1S/C28H26N4O5/c1-4-36-21-12-10-20(11-13-21)25-18-29-28(37-22-8-6-5-7-9-22)26(31-25)27(33)32-30-17-19-14-23(34-2)16-24(15-19)35-3/h5-18H,4H2,1-3H3,(H,32,33)/b30-17+. The highest BCUT2D eigenvalue weighted by atomic mass is 16.5. The Morgan fingerprint density at radius 2 is 1.62 bits per heavy atom. The van der Waals surface area contributed by atoms with Crippen molar-refractivity contribution in [2.24, 2.45) is 5.10 Å². The van der Waals surface area contributed by atoms with Gasteiger partial charge in [0, 0.05) is 17.2 Å². The topological polar surface area (TPSA) is 104 Å². The van der Waals surface area contributed by atoms with Crippen molar-refractivity contribution in [3.8, 4) is 40.1 Å². The van der Waals surface area contributed by atoms with E-state index in [4.69, 9.17) is 18.9 Å². The van der Waals surface area contributed by atoms with Gasteiger partial charge in [-0.05, 0) is 55.5 Å². The van der Waals surface area contributed by atoms with E-state index in [1.807, 2.05) is 49.4 Å². The molecule has 1 aromatic heterocycles. The van der Waals surface area contributed by atoms with E-state index >= 15 is 0 Å². The number of hydrogen-bond acceptors (Lipinski definition) is 8. The molecule has 0 aliphatic heterocycles. The molecule has 1 heterocycles. The molecule has 37 heavy (non-hydrogen) atoms. The molecule has 0 radical (unpaired) electrons. The number of hydrazone groups is 1. The first-order chi connectivity index (χ1) is 18.1. The molecule has 0 spiro atoms. The molecule has 0 fully saturated rings. The molecule has 4 aromatic rings. The number of ether oxygens (including phenoxy) is 4. The lowest BCUT2D eigenvalue weighted by atomic mass is 10.1. The Bertz CT molecular complexity index is 1350. The molecule has 1 amide bonds. The number of methoxy groups -OCH3 is 2. The summed E-state index contributed by atoms with van der Waals surface area (Å²) in [5.41, 5.74) is 4.42. The normalized spacial score (nSPS) is 10.7. The predicted octanol–water partition coefficient (Wildman–Crippen LogP) is 5.12. The van der Waals surface area contributed by atoms with Gasteiger partial charge in [0.1, 0.15) is 23.0 Å². The lowest BCUT2D eigenvalue weighted by Gasteiger charge is -2.11. The maximum absolute atomic E-state index is 13.1. The molecule has 0 bridgehead atoms. The van der Waals surface area contributed by atoms with Crippen LogP contribution in [-0.4, -0.2) is 42.9 Å². The van der Waals surface area contributed by atoms with E-state index in [1.54, 1.807) is 50.7 Å². The first kappa shape index (κ1) is 25.2. The van der Waals surface area contributed by atoms with Gasteiger partial charge < -0.3 is 18.9 Å². The fourth-order valence-corrected chi connectivity index (χ4v) is 3.35. The van der Waals surface area contributed by atoms with Crippen molar-refractivity contribution in [3.05, 3.63) is 90.3 Å². The Hall–Kier alpha value is -4.92. The number of aromatic nitrogens is 2. The molecule has 4 rings (SSSR count). The summed E-state index contributed by atoms with van der Waals surface area (Å²) in [6.07, 6.45) is 3.03. The average Bonchev–Trinajstić information content (AvgIpc) is 2.94. The zero-order valence-electron chi connectivity index (χ0n) is 20.7. The lowest BCUT2D eigenvalue weighted by molar-refractivity contribution is 0.0947. The van der Waals surface area contributed by atoms with Gasteiger partial charge in [0.25, 0.3) is 11.8 Å². The number of nitrogens with zero attached hydrogens (tertiary/aromatic N) is 3. The average molecular weight is 499 g/mol. The first-order valence-corrected chi connectivity index (χ1v) is 11.5. The second-order valence-electron chi connectivity index (χ2n) is 7.63. The van der Waals surface area contributed by atoms with Gasteiger partial charge in [-0.3, -0.25) is 4.79 Å². The second-order valence-corrected chi connectivity index (χ2v) is 7.63. The molecule has 0 saturated carbocycles. The highest BCUT2D eigenvalue weighted by Crippen LogP contribution is 2.26. The van der Waals surface area contributed by atoms with Gasteiger partial charge in [0.15, 0.2) is 5.69 Å². The fourth-order valence-electron chi connectivity index (χ4n) is 3.35. The summed E-state index contributed by atoms with van der Waals surface area (Å²) >= 11 is 0. The molecule has 0 unspecified atom stereocenters. The lowest BCUT2D eigenvalue weighted by Crippen LogP contribution is -2.20. The number of para-hydroxylation sites is 1. The van der Waals surface area contributed by atoms with Gasteiger partial charge >= 0.3 is 0 Å². The Kier molecular flexibility index (Phi) is 8.28. The maximum atomic E-state index is 13.1. The third-order valence-electron chi connectivity index (χ3n) is 5.13. The molecule has 0 atom stereocenters. The van der Waals surface area contributed by atoms with Crippen LogP contribution in [0.5, 0.6) is 28.9 Å². The van der Waals surface area contributed by atoms with Crippen molar-refractivity contribution in [2.75, 3.05) is 20.8 Å². The summed E-state index contributed by atoms with van der Waals surface area (Å²) in [6.45, 7) is 2.49. The van der Waals surface area contributed by atoms with Crippen LogP contribution in [0.15, 0.2) is 84.1 Å². The summed E-state index contributed by atoms with van der Waals surface area (Å²) < 4.78 is 21.9. The minimum atomic E-state index is -0.586. The van der Waals surface area contributed by atoms with Gasteiger partial charge in [-0.15, -0.1) is 0 Å². The molecule has 0 aliphatic carbocycles. The molecule has 0 aliphatic rings. The summed E-state index contributed by atoms with van der Waals surface area (Å²) in [6, 6.07) is 21.7. The van der Waals surface area contributed by atoms with Crippen LogP contribution in [-0.2, 0) is 0 Å². The third-order valence-corrected chi connectivity index (χ3v) is 5.13. The molecule has 0 saturated heterocycles. The number of carbonyl (C=O) groups is 1. The Balaban J connectivity index is 1.61. The fraction of sp³-hybridized carbons (Fsp3) is 0.143. The zero-order chi connectivity index (χ0) is 26.0. The van der Waals surface area contributed by atoms with E-state index < -0.39 is 5.91 Å². The van der Waals surface area contributed by atoms with E-state index in [9.17, 15) is 4.79 Å². The van der Waals surface area contributed by atoms with Crippen molar-refractivity contribution >= 4 is 12.1 Å². The van der Waals surface area contributed by atoms with Crippen molar-refractivity contribution in [2.45, 2.75) is 6.92 Å². The van der Waals surface area contributed by atoms with Gasteiger partial charge in [-0.1, -0.05) is 18.2 Å². The van der Waals surface area contributed by atoms with Crippen LogP contribution in [0.2, 0.25) is 0 Å². The highest BCUT2D eigenvalue weighted by Gasteiger charge is 2.19. The number of nitrogens with one attached hydrogen (secondary N) is 1. The van der Waals surface area contributed by atoms with Gasteiger partial charge in [0.05, 0.1) is 38.9 Å². The SMILES string of the molecule is CCOc1ccc(-c2cnc(Oc3ccccc3)c(C(=O)N/N=C/c3cc(OC)cc(OC)c3)n2)cc1. The van der Waals surface area contributed by atoms with E-state index in [0.717, 1.165) is 11.3 Å². The van der Waals surface area contributed by atoms with Gasteiger partial charge in [-0.2, -0.15) is 5.10 Å². The van der Waals surface area contributed by atoms with Crippen molar-refractivity contribution in [1.82, 2.24) is 15.4 Å². The number of hydrogen-bond donors (Lipinski definition) is 1. The van der Waals surface area contributed by atoms with Crippen LogP contribution in [0.1, 0.15) is 23.0 Å². The first-order valence-electron chi connectivity index (χ1n) is 11.5. The molecular weight excluding hydrogens is 472 g/mol. The highest BCUT2D eigenvalue weighted by molar-refractivity contribution is 5.95. The van der Waals surface area contributed by atoms with E-state index in [2.05, 4.69) is 20.5 Å². The van der Waals surface area contributed by atoms with Gasteiger partial charge in [-0.25, -0.2) is 15.4 Å². The number of carbonyl (C=O) groups excluding carboxylic acids is 1. The third kappa shape index (κ3) is 6.61. The van der Waals surface area contributed by atoms with Crippen molar-refractivity contribution < 1.29 is 23.7 Å². The van der Waals surface area contributed by atoms with E-state index in [0.29, 0.717) is 35.1 Å². The Labute approximate surface area is 214 Å². The van der Waals surface area contributed by atoms with Crippen molar-refractivity contribution in [1.29, 1.82) is 0 Å². The minimum absolute atomic E-state index is 0.0180. The Morgan fingerprint density at radius 3 is 2.27 bits per heavy atom. The monoisotopic (exact) mass is 498 g/mol. The minimum Gasteiger partial charge on any atom is -0.497 e. The number of benzene rings is 3. The smallest absolute Gasteiger partial charge is 0.295 e. The van der Waals surface area contributed by atoms with Crippen LogP contribution in [0.3, 0.4) is 0 Å². The van der Waals surface area contributed by atoms with Crippen LogP contribution < -0.4 is 24.4 Å². The molecule has 1 N–H and O–H groups in total. The van der Waals surface area contributed by atoms with Crippen LogP contribution in [0.25, 0.3) is 11.3 Å². The maximum Gasteiger partial charge on any atom is 0.295 e. The van der Waals surface area contributed by atoms with Gasteiger partial charge in [0.2, 0.25) is 0 Å². The van der Waals surface area contributed by atoms with E-state index in [-0.39, 0.29) is 11.6 Å². The summed E-state index contributed by atoms with van der Waals surface area (Å²) in [5, 5.41) is 4.08. The van der Waals surface area contributed by atoms with Crippen LogP contribution in [0, 0.1) is 0 Å². The Morgan fingerprint density at radius 1 is 0.919 bits per heavy atom. The molecule has 3 aromatic carbocycles. The number of rotatable bonds is 10. The predicted molar refractivity (Wildman–Crippen MR) is 140 cm³/mol. The molecule has 9 nitrogen and oxygen atoms in total. The second kappa shape index (κ2) is 12.2. The summed E-state index contributed by atoms with van der Waals surface area (Å²) in [7, 11) is 3.11. The molecular formula is C28H26N4O5.